The zero-order valence-corrected chi connectivity index (χ0v) is 11.9. The molecule has 1 amide bonds. The van der Waals surface area contributed by atoms with Crippen LogP contribution in [-0.4, -0.2) is 12.5 Å². The van der Waals surface area contributed by atoms with Crippen molar-refractivity contribution < 1.29 is 13.6 Å². The molecule has 2 aromatic rings. The van der Waals surface area contributed by atoms with Crippen LogP contribution in [0.15, 0.2) is 36.4 Å². The van der Waals surface area contributed by atoms with Gasteiger partial charge in [-0.3, -0.25) is 4.79 Å². The molecular formula is C16H16F2N2O. The van der Waals surface area contributed by atoms with Crippen LogP contribution < -0.4 is 10.6 Å². The van der Waals surface area contributed by atoms with E-state index in [1.165, 1.54) is 4.90 Å². The zero-order chi connectivity index (χ0) is 15.6. The minimum absolute atomic E-state index is 0.0679. The first-order chi connectivity index (χ1) is 9.93. The quantitative estimate of drug-likeness (QED) is 0.879. The molecule has 0 saturated heterocycles. The van der Waals surface area contributed by atoms with Crippen LogP contribution in [0, 0.1) is 18.6 Å². The van der Waals surface area contributed by atoms with Crippen molar-refractivity contribution in [3.63, 3.8) is 0 Å². The van der Waals surface area contributed by atoms with Crippen molar-refractivity contribution in [2.45, 2.75) is 13.8 Å². The number of rotatable bonds is 3. The number of nitrogen functional groups attached to an aromatic ring is 1. The number of halogens is 2. The lowest BCUT2D eigenvalue weighted by atomic mass is 10.1. The summed E-state index contributed by atoms with van der Waals surface area (Å²) in [5.41, 5.74) is 6.30. The lowest BCUT2D eigenvalue weighted by molar-refractivity contribution is 0.0987. The highest BCUT2D eigenvalue weighted by molar-refractivity contribution is 6.06. The summed E-state index contributed by atoms with van der Waals surface area (Å²) in [7, 11) is 0. The first kappa shape index (κ1) is 15.0. The fourth-order valence-electron chi connectivity index (χ4n) is 2.03. The van der Waals surface area contributed by atoms with Crippen LogP contribution in [0.5, 0.6) is 0 Å². The molecule has 0 aliphatic heterocycles. The van der Waals surface area contributed by atoms with Gasteiger partial charge in [0, 0.05) is 17.8 Å². The van der Waals surface area contributed by atoms with E-state index in [4.69, 9.17) is 5.73 Å². The van der Waals surface area contributed by atoms with Gasteiger partial charge in [0.25, 0.3) is 5.91 Å². The molecule has 21 heavy (non-hydrogen) atoms. The van der Waals surface area contributed by atoms with Crippen LogP contribution >= 0.6 is 0 Å². The van der Waals surface area contributed by atoms with Crippen LogP contribution in [0.2, 0.25) is 0 Å². The Morgan fingerprint density at radius 2 is 1.67 bits per heavy atom. The van der Waals surface area contributed by atoms with Gasteiger partial charge in [0.05, 0.1) is 0 Å². The van der Waals surface area contributed by atoms with Crippen molar-refractivity contribution in [2.24, 2.45) is 0 Å². The number of nitrogens with two attached hydrogens (primary N) is 1. The third-order valence-corrected chi connectivity index (χ3v) is 3.23. The Labute approximate surface area is 122 Å². The van der Waals surface area contributed by atoms with Crippen molar-refractivity contribution >= 4 is 17.3 Å². The third-order valence-electron chi connectivity index (χ3n) is 3.23. The molecular weight excluding hydrogens is 274 g/mol. The number of hydrogen-bond donors (Lipinski definition) is 1. The Morgan fingerprint density at radius 1 is 1.14 bits per heavy atom. The third kappa shape index (κ3) is 3.02. The molecule has 0 fully saturated rings. The minimum Gasteiger partial charge on any atom is -0.394 e. The van der Waals surface area contributed by atoms with Gasteiger partial charge >= 0.3 is 0 Å². The molecule has 5 heteroatoms. The number of nitrogens with zero attached hydrogens (tertiary/aromatic N) is 1. The summed E-state index contributed by atoms with van der Waals surface area (Å²) < 4.78 is 27.0. The average molecular weight is 290 g/mol. The number of hydrogen-bond acceptors (Lipinski definition) is 2. The summed E-state index contributed by atoms with van der Waals surface area (Å²) in [5.74, 6) is -2.34. The molecule has 0 unspecified atom stereocenters. The van der Waals surface area contributed by atoms with E-state index in [1.54, 1.807) is 19.1 Å². The Balaban J connectivity index is 2.39. The second kappa shape index (κ2) is 5.91. The Morgan fingerprint density at radius 3 is 2.14 bits per heavy atom. The van der Waals surface area contributed by atoms with Gasteiger partial charge in [-0.15, -0.1) is 0 Å². The summed E-state index contributed by atoms with van der Waals surface area (Å²) in [6.45, 7) is 4.11. The molecule has 0 saturated carbocycles. The van der Waals surface area contributed by atoms with Gasteiger partial charge < -0.3 is 10.6 Å². The first-order valence-corrected chi connectivity index (χ1v) is 6.57. The lowest BCUT2D eigenvalue weighted by Crippen LogP contribution is -2.30. The lowest BCUT2D eigenvalue weighted by Gasteiger charge is -2.21. The van der Waals surface area contributed by atoms with Crippen molar-refractivity contribution in [3.8, 4) is 0 Å². The van der Waals surface area contributed by atoms with E-state index in [0.29, 0.717) is 12.2 Å². The summed E-state index contributed by atoms with van der Waals surface area (Å²) in [4.78, 5) is 13.9. The molecule has 0 aromatic heterocycles. The summed E-state index contributed by atoms with van der Waals surface area (Å²) >= 11 is 0. The number of anilines is 2. The smallest absolute Gasteiger partial charge is 0.258 e. The van der Waals surface area contributed by atoms with Gasteiger partial charge in [-0.25, -0.2) is 8.78 Å². The molecule has 0 spiro atoms. The Bertz CT molecular complexity index is 645. The monoisotopic (exact) mass is 290 g/mol. The highest BCUT2D eigenvalue weighted by Gasteiger charge is 2.19. The molecule has 0 atom stereocenters. The SMILES string of the molecule is CCN(C(=O)c1cc(F)c(N)c(F)c1)c1ccc(C)cc1. The summed E-state index contributed by atoms with van der Waals surface area (Å²) in [6.07, 6.45) is 0. The van der Waals surface area contributed by atoms with Crippen molar-refractivity contribution in [3.05, 3.63) is 59.2 Å². The van der Waals surface area contributed by atoms with Gasteiger partial charge in [0.15, 0.2) is 0 Å². The van der Waals surface area contributed by atoms with Crippen LogP contribution in [0.1, 0.15) is 22.8 Å². The second-order valence-electron chi connectivity index (χ2n) is 4.74. The molecule has 110 valence electrons. The Hall–Kier alpha value is -2.43. The van der Waals surface area contributed by atoms with E-state index in [2.05, 4.69) is 0 Å². The predicted octanol–water partition coefficient (Wildman–Crippen LogP) is 3.52. The van der Waals surface area contributed by atoms with E-state index >= 15 is 0 Å². The van der Waals surface area contributed by atoms with Crippen LogP contribution in [0.25, 0.3) is 0 Å². The number of carbonyl (C=O) groups excluding carboxylic acids is 1. The fraction of sp³-hybridized carbons (Fsp3) is 0.188. The van der Waals surface area contributed by atoms with E-state index < -0.39 is 23.2 Å². The normalized spacial score (nSPS) is 10.5. The maximum absolute atomic E-state index is 13.5. The second-order valence-corrected chi connectivity index (χ2v) is 4.74. The van der Waals surface area contributed by atoms with E-state index in [0.717, 1.165) is 17.7 Å². The topological polar surface area (TPSA) is 46.3 Å². The number of amides is 1. The average Bonchev–Trinajstić information content (AvgIpc) is 2.46. The first-order valence-electron chi connectivity index (χ1n) is 6.57. The fourth-order valence-corrected chi connectivity index (χ4v) is 2.03. The van der Waals surface area contributed by atoms with E-state index in [1.807, 2.05) is 19.1 Å². The molecule has 2 rings (SSSR count). The molecule has 0 heterocycles. The molecule has 0 aliphatic carbocycles. The van der Waals surface area contributed by atoms with E-state index in [-0.39, 0.29) is 5.56 Å². The van der Waals surface area contributed by atoms with Crippen molar-refractivity contribution in [2.75, 3.05) is 17.2 Å². The van der Waals surface area contributed by atoms with Crippen molar-refractivity contribution in [1.82, 2.24) is 0 Å². The summed E-state index contributed by atoms with van der Waals surface area (Å²) in [6, 6.07) is 9.24. The van der Waals surface area contributed by atoms with Gasteiger partial charge in [-0.2, -0.15) is 0 Å². The number of carbonyl (C=O) groups is 1. The van der Waals surface area contributed by atoms with Gasteiger partial charge in [-0.1, -0.05) is 17.7 Å². The highest BCUT2D eigenvalue weighted by atomic mass is 19.1. The molecule has 0 bridgehead atoms. The van der Waals surface area contributed by atoms with Crippen molar-refractivity contribution in [1.29, 1.82) is 0 Å². The predicted molar refractivity (Wildman–Crippen MR) is 79.3 cm³/mol. The highest BCUT2D eigenvalue weighted by Crippen LogP contribution is 2.22. The van der Waals surface area contributed by atoms with Gasteiger partial charge in [0.2, 0.25) is 0 Å². The van der Waals surface area contributed by atoms with Crippen LogP contribution in [0.4, 0.5) is 20.2 Å². The zero-order valence-electron chi connectivity index (χ0n) is 11.9. The summed E-state index contributed by atoms with van der Waals surface area (Å²) in [5, 5.41) is 0. The van der Waals surface area contributed by atoms with Gasteiger partial charge in [-0.05, 0) is 38.1 Å². The standard InChI is InChI=1S/C16H16F2N2O/c1-3-20(12-6-4-10(2)5-7-12)16(21)11-8-13(17)15(19)14(18)9-11/h4-9H,3,19H2,1-2H3. The molecule has 3 nitrogen and oxygen atoms in total. The molecule has 2 N–H and O–H groups in total. The number of aryl methyl sites for hydroxylation is 1. The molecule has 0 radical (unpaired) electrons. The maximum atomic E-state index is 13.5. The van der Waals surface area contributed by atoms with Crippen LogP contribution in [0.3, 0.4) is 0 Å². The minimum atomic E-state index is -0.932. The molecule has 2 aromatic carbocycles. The van der Waals surface area contributed by atoms with Crippen LogP contribution in [-0.2, 0) is 0 Å². The van der Waals surface area contributed by atoms with E-state index in [9.17, 15) is 13.6 Å². The maximum Gasteiger partial charge on any atom is 0.258 e. The van der Waals surface area contributed by atoms with Gasteiger partial charge in [0.1, 0.15) is 17.3 Å². The number of benzene rings is 2. The Kier molecular flexibility index (Phi) is 4.21. The molecule has 0 aliphatic rings. The largest absolute Gasteiger partial charge is 0.394 e.